The number of anilines is 1. The molecule has 0 heterocycles. The maximum absolute atomic E-state index is 12.5. The van der Waals surface area contributed by atoms with Gasteiger partial charge in [0.15, 0.2) is 18.1 Å². The van der Waals surface area contributed by atoms with Crippen LogP contribution in [-0.2, 0) is 4.79 Å². The van der Waals surface area contributed by atoms with Crippen molar-refractivity contribution in [3.8, 4) is 11.5 Å². The second-order valence-electron chi connectivity index (χ2n) is 7.58. The van der Waals surface area contributed by atoms with Crippen LogP contribution in [0.2, 0.25) is 0 Å². The van der Waals surface area contributed by atoms with Crippen molar-refractivity contribution in [3.63, 3.8) is 0 Å². The van der Waals surface area contributed by atoms with Gasteiger partial charge in [-0.2, -0.15) is 5.10 Å². The molecule has 35 heavy (non-hydrogen) atoms. The monoisotopic (exact) mass is 601 g/mol. The summed E-state index contributed by atoms with van der Waals surface area (Å²) in [7, 11) is 0. The summed E-state index contributed by atoms with van der Waals surface area (Å²) in [5.74, 6) is 0.217. The maximum atomic E-state index is 12.5. The molecular formula is C26H25Br2N3O4. The fraction of sp³-hybridized carbons (Fsp3) is 0.192. The van der Waals surface area contributed by atoms with Crippen molar-refractivity contribution < 1.29 is 19.1 Å². The number of rotatable bonds is 9. The third-order valence-corrected chi connectivity index (χ3v) is 6.20. The highest BCUT2D eigenvalue weighted by molar-refractivity contribution is 9.11. The van der Waals surface area contributed by atoms with Crippen LogP contribution in [0.15, 0.2) is 68.6 Å². The predicted octanol–water partition coefficient (Wildman–Crippen LogP) is 6.01. The lowest BCUT2D eigenvalue weighted by atomic mass is 10.1. The number of hydrogen-bond donors (Lipinski definition) is 2. The minimum absolute atomic E-state index is 0.210. The first-order valence-electron chi connectivity index (χ1n) is 10.8. The first-order valence-corrected chi connectivity index (χ1v) is 12.4. The molecule has 0 aromatic heterocycles. The van der Waals surface area contributed by atoms with Gasteiger partial charge in [0.25, 0.3) is 11.8 Å². The van der Waals surface area contributed by atoms with Gasteiger partial charge in [-0.25, -0.2) is 5.43 Å². The second kappa shape index (κ2) is 12.5. The van der Waals surface area contributed by atoms with Crippen LogP contribution in [0.3, 0.4) is 0 Å². The molecule has 0 saturated carbocycles. The molecule has 3 aromatic carbocycles. The van der Waals surface area contributed by atoms with Crippen LogP contribution in [0.25, 0.3) is 0 Å². The zero-order valence-corrected chi connectivity index (χ0v) is 22.7. The van der Waals surface area contributed by atoms with Gasteiger partial charge in [-0.3, -0.25) is 9.59 Å². The van der Waals surface area contributed by atoms with E-state index in [2.05, 4.69) is 47.7 Å². The quantitative estimate of drug-likeness (QED) is 0.232. The Labute approximate surface area is 221 Å². The summed E-state index contributed by atoms with van der Waals surface area (Å²) in [4.78, 5) is 24.7. The van der Waals surface area contributed by atoms with Crippen molar-refractivity contribution in [2.75, 3.05) is 18.5 Å². The van der Waals surface area contributed by atoms with E-state index in [9.17, 15) is 9.59 Å². The van der Waals surface area contributed by atoms with E-state index in [1.54, 1.807) is 36.4 Å². The largest absolute Gasteiger partial charge is 0.490 e. The van der Waals surface area contributed by atoms with Crippen molar-refractivity contribution in [3.05, 3.63) is 85.8 Å². The lowest BCUT2D eigenvalue weighted by molar-refractivity contribution is -0.118. The first-order chi connectivity index (χ1) is 16.8. The van der Waals surface area contributed by atoms with E-state index in [0.717, 1.165) is 15.6 Å². The number of nitrogens with zero attached hydrogens (tertiary/aromatic N) is 1. The van der Waals surface area contributed by atoms with E-state index < -0.39 is 0 Å². The summed E-state index contributed by atoms with van der Waals surface area (Å²) < 4.78 is 12.9. The molecule has 0 bridgehead atoms. The number of hydrogen-bond acceptors (Lipinski definition) is 5. The summed E-state index contributed by atoms with van der Waals surface area (Å²) in [6.45, 7) is 6.03. The molecule has 3 aromatic rings. The van der Waals surface area contributed by atoms with E-state index in [-0.39, 0.29) is 18.4 Å². The molecule has 2 amide bonds. The van der Waals surface area contributed by atoms with Crippen LogP contribution in [0.4, 0.5) is 5.69 Å². The summed E-state index contributed by atoms with van der Waals surface area (Å²) in [5.41, 5.74) is 6.55. The Morgan fingerprint density at radius 3 is 2.40 bits per heavy atom. The summed E-state index contributed by atoms with van der Waals surface area (Å²) in [6.07, 6.45) is 1.50. The molecule has 0 aliphatic carbocycles. The van der Waals surface area contributed by atoms with Crippen molar-refractivity contribution in [2.24, 2.45) is 5.10 Å². The molecule has 9 heteroatoms. The molecule has 3 rings (SSSR count). The number of carbonyl (C=O) groups is 2. The number of halogens is 2. The molecule has 0 aliphatic heterocycles. The molecule has 0 unspecified atom stereocenters. The third-order valence-electron chi connectivity index (χ3n) is 4.95. The van der Waals surface area contributed by atoms with Crippen LogP contribution in [-0.4, -0.2) is 31.2 Å². The molecule has 0 fully saturated rings. The summed E-state index contributed by atoms with van der Waals surface area (Å²) in [6, 6.07) is 16.1. The number of nitrogens with one attached hydrogen (secondary N) is 2. The minimum Gasteiger partial charge on any atom is -0.490 e. The molecule has 0 spiro atoms. The average molecular weight is 603 g/mol. The van der Waals surface area contributed by atoms with E-state index >= 15 is 0 Å². The van der Waals surface area contributed by atoms with Crippen LogP contribution in [0, 0.1) is 13.8 Å². The fourth-order valence-electron chi connectivity index (χ4n) is 3.09. The van der Waals surface area contributed by atoms with Crippen molar-refractivity contribution in [1.82, 2.24) is 5.43 Å². The van der Waals surface area contributed by atoms with Gasteiger partial charge in [-0.15, -0.1) is 0 Å². The van der Waals surface area contributed by atoms with Crippen molar-refractivity contribution in [2.45, 2.75) is 20.8 Å². The Morgan fingerprint density at radius 2 is 1.69 bits per heavy atom. The Hall–Kier alpha value is -3.17. The lowest BCUT2D eigenvalue weighted by Gasteiger charge is -2.15. The number of aryl methyl sites for hydroxylation is 2. The second-order valence-corrected chi connectivity index (χ2v) is 9.29. The topological polar surface area (TPSA) is 89.0 Å². The number of hydrazone groups is 1. The van der Waals surface area contributed by atoms with E-state index in [0.29, 0.717) is 39.4 Å². The maximum Gasteiger partial charge on any atom is 0.271 e. The molecule has 7 nitrogen and oxygen atoms in total. The molecular weight excluding hydrogens is 578 g/mol. The van der Waals surface area contributed by atoms with Crippen molar-refractivity contribution >= 4 is 55.6 Å². The van der Waals surface area contributed by atoms with E-state index in [1.807, 2.05) is 39.0 Å². The summed E-state index contributed by atoms with van der Waals surface area (Å²) >= 11 is 6.96. The molecule has 0 aliphatic rings. The number of carbonyl (C=O) groups excluding carboxylic acids is 2. The van der Waals surface area contributed by atoms with E-state index in [4.69, 9.17) is 9.47 Å². The highest BCUT2D eigenvalue weighted by Gasteiger charge is 2.15. The highest BCUT2D eigenvalue weighted by atomic mass is 79.9. The van der Waals surface area contributed by atoms with Gasteiger partial charge < -0.3 is 14.8 Å². The predicted molar refractivity (Wildman–Crippen MR) is 145 cm³/mol. The summed E-state index contributed by atoms with van der Waals surface area (Å²) in [5, 5.41) is 6.88. The average Bonchev–Trinajstić information content (AvgIpc) is 2.82. The number of benzene rings is 3. The van der Waals surface area contributed by atoms with Crippen LogP contribution < -0.4 is 20.2 Å². The molecule has 0 saturated heterocycles. The van der Waals surface area contributed by atoms with Gasteiger partial charge in [0.05, 0.1) is 23.0 Å². The zero-order valence-electron chi connectivity index (χ0n) is 19.5. The smallest absolute Gasteiger partial charge is 0.271 e. The fourth-order valence-corrected chi connectivity index (χ4v) is 4.22. The van der Waals surface area contributed by atoms with Gasteiger partial charge in [0.1, 0.15) is 0 Å². The van der Waals surface area contributed by atoms with Gasteiger partial charge in [0.2, 0.25) is 0 Å². The van der Waals surface area contributed by atoms with Gasteiger partial charge in [-0.05, 0) is 106 Å². The Bertz CT molecular complexity index is 1250. The van der Waals surface area contributed by atoms with Crippen molar-refractivity contribution in [1.29, 1.82) is 0 Å². The molecule has 182 valence electrons. The minimum atomic E-state index is -0.313. The Kier molecular flexibility index (Phi) is 9.45. The Morgan fingerprint density at radius 1 is 0.971 bits per heavy atom. The van der Waals surface area contributed by atoms with Gasteiger partial charge in [0, 0.05) is 10.0 Å². The van der Waals surface area contributed by atoms with Crippen LogP contribution >= 0.6 is 31.9 Å². The van der Waals surface area contributed by atoms with E-state index in [1.165, 1.54) is 6.21 Å². The molecule has 0 radical (unpaired) electrons. The molecule has 2 N–H and O–H groups in total. The lowest BCUT2D eigenvalue weighted by Crippen LogP contribution is -2.21. The SMILES string of the molecule is CCOc1cc(/C=N/NC(=O)c2ccccc2)cc(Br)c1OCC(=O)Nc1cc(C)c(C)cc1Br. The van der Waals surface area contributed by atoms with Gasteiger partial charge in [-0.1, -0.05) is 18.2 Å². The van der Waals surface area contributed by atoms with Crippen LogP contribution in [0.1, 0.15) is 34.0 Å². The number of amides is 2. The normalized spacial score (nSPS) is 10.8. The Balaban J connectivity index is 1.68. The molecule has 0 atom stereocenters. The van der Waals surface area contributed by atoms with Gasteiger partial charge >= 0.3 is 0 Å². The number of ether oxygens (including phenoxy) is 2. The highest BCUT2D eigenvalue weighted by Crippen LogP contribution is 2.36. The third kappa shape index (κ3) is 7.40. The first kappa shape index (κ1) is 26.4. The standard InChI is InChI=1S/C26H25Br2N3O4/c1-4-34-23-13-18(14-29-31-26(33)19-8-6-5-7-9-19)12-21(28)25(23)35-15-24(32)30-22-11-17(3)16(2)10-20(22)27/h5-14H,4,15H2,1-3H3,(H,30,32)(H,31,33)/b29-14+. The van der Waals surface area contributed by atoms with Crippen LogP contribution in [0.5, 0.6) is 11.5 Å². The zero-order chi connectivity index (χ0) is 25.4.